The van der Waals surface area contributed by atoms with Gasteiger partial charge in [0.1, 0.15) is 0 Å². The van der Waals surface area contributed by atoms with Crippen LogP contribution in [0.2, 0.25) is 0 Å². The molecule has 5 rings (SSSR count). The molecule has 1 aromatic carbocycles. The molecule has 4 fully saturated rings. The number of nitrogens with one attached hydrogen (secondary N) is 1. The third kappa shape index (κ3) is 2.48. The summed E-state index contributed by atoms with van der Waals surface area (Å²) < 4.78 is 6.13. The molecular weight excluding hydrogens is 298 g/mol. The fourth-order valence-corrected chi connectivity index (χ4v) is 5.88. The highest BCUT2D eigenvalue weighted by atomic mass is 16.5. The fourth-order valence-electron chi connectivity index (χ4n) is 5.88. The van der Waals surface area contributed by atoms with Crippen molar-refractivity contribution in [1.29, 1.82) is 0 Å². The Kier molecular flexibility index (Phi) is 3.95. The molecule has 0 heterocycles. The molecule has 0 atom stereocenters. The maximum atomic E-state index is 12.6. The van der Waals surface area contributed by atoms with E-state index in [1.807, 2.05) is 25.3 Å². The number of ether oxygens (including phenoxy) is 1. The van der Waals surface area contributed by atoms with Crippen molar-refractivity contribution in [3.8, 4) is 0 Å². The SMILES string of the molecule is COC1(CNC(=O)c2ccc(C)c(C)c2)C2CC3CC(C2)CC1C3. The Labute approximate surface area is 145 Å². The summed E-state index contributed by atoms with van der Waals surface area (Å²) in [6, 6.07) is 5.94. The van der Waals surface area contributed by atoms with Gasteiger partial charge in [-0.05, 0) is 92.9 Å². The molecule has 0 saturated heterocycles. The Morgan fingerprint density at radius 1 is 1.08 bits per heavy atom. The van der Waals surface area contributed by atoms with Crippen LogP contribution in [0.3, 0.4) is 0 Å². The zero-order valence-corrected chi connectivity index (χ0v) is 15.1. The lowest BCUT2D eigenvalue weighted by Crippen LogP contribution is -2.63. The van der Waals surface area contributed by atoms with Gasteiger partial charge >= 0.3 is 0 Å². The molecule has 1 aromatic rings. The molecule has 3 heteroatoms. The standard InChI is InChI=1S/C21H29NO2/c1-13-4-5-17(6-14(13)2)20(23)22-12-21(24-3)18-8-15-7-16(10-18)11-19(21)9-15/h4-6,15-16,18-19H,7-12H2,1-3H3,(H,22,23). The minimum absolute atomic E-state index is 0.0309. The largest absolute Gasteiger partial charge is 0.376 e. The summed E-state index contributed by atoms with van der Waals surface area (Å²) in [5.74, 6) is 3.10. The Bertz CT molecular complexity index is 623. The maximum Gasteiger partial charge on any atom is 0.251 e. The highest BCUT2D eigenvalue weighted by Gasteiger charge is 2.57. The molecule has 130 valence electrons. The predicted molar refractivity (Wildman–Crippen MR) is 95.0 cm³/mol. The van der Waals surface area contributed by atoms with Crippen molar-refractivity contribution in [2.75, 3.05) is 13.7 Å². The van der Waals surface area contributed by atoms with Crippen LogP contribution >= 0.6 is 0 Å². The number of hydrogen-bond donors (Lipinski definition) is 1. The molecule has 0 aliphatic heterocycles. The normalized spacial score (nSPS) is 36.8. The highest BCUT2D eigenvalue weighted by molar-refractivity contribution is 5.94. The van der Waals surface area contributed by atoms with Crippen LogP contribution in [0, 0.1) is 37.5 Å². The molecule has 0 spiro atoms. The van der Waals surface area contributed by atoms with Crippen LogP contribution in [0.25, 0.3) is 0 Å². The first-order valence-corrected chi connectivity index (χ1v) is 9.42. The number of hydrogen-bond acceptors (Lipinski definition) is 2. The lowest BCUT2D eigenvalue weighted by atomic mass is 9.49. The number of carbonyl (C=O) groups excluding carboxylic acids is 1. The second-order valence-electron chi connectivity index (χ2n) is 8.45. The summed E-state index contributed by atoms with van der Waals surface area (Å²) >= 11 is 0. The number of benzene rings is 1. The highest BCUT2D eigenvalue weighted by Crippen LogP contribution is 2.59. The molecule has 4 bridgehead atoms. The smallest absolute Gasteiger partial charge is 0.251 e. The van der Waals surface area contributed by atoms with Crippen molar-refractivity contribution in [1.82, 2.24) is 5.32 Å². The van der Waals surface area contributed by atoms with Crippen LogP contribution in [0.15, 0.2) is 18.2 Å². The van der Waals surface area contributed by atoms with E-state index in [0.717, 1.165) is 17.4 Å². The van der Waals surface area contributed by atoms with Crippen LogP contribution in [-0.4, -0.2) is 25.2 Å². The van der Waals surface area contributed by atoms with Crippen molar-refractivity contribution in [3.05, 3.63) is 34.9 Å². The number of methoxy groups -OCH3 is 1. The molecule has 0 radical (unpaired) electrons. The Balaban J connectivity index is 1.49. The second-order valence-corrected chi connectivity index (χ2v) is 8.45. The van der Waals surface area contributed by atoms with Gasteiger partial charge in [-0.15, -0.1) is 0 Å². The van der Waals surface area contributed by atoms with Crippen LogP contribution in [0.4, 0.5) is 0 Å². The minimum Gasteiger partial charge on any atom is -0.376 e. The Morgan fingerprint density at radius 2 is 1.71 bits per heavy atom. The van der Waals surface area contributed by atoms with E-state index in [1.165, 1.54) is 43.2 Å². The second kappa shape index (κ2) is 5.87. The van der Waals surface area contributed by atoms with Crippen molar-refractivity contribution in [3.63, 3.8) is 0 Å². The number of carbonyl (C=O) groups is 1. The number of aryl methyl sites for hydroxylation is 2. The zero-order valence-electron chi connectivity index (χ0n) is 15.1. The van der Waals surface area contributed by atoms with Gasteiger partial charge in [0.2, 0.25) is 0 Å². The van der Waals surface area contributed by atoms with E-state index in [-0.39, 0.29) is 11.5 Å². The molecule has 24 heavy (non-hydrogen) atoms. The minimum atomic E-state index is -0.136. The van der Waals surface area contributed by atoms with E-state index < -0.39 is 0 Å². The van der Waals surface area contributed by atoms with Crippen molar-refractivity contribution in [2.24, 2.45) is 23.7 Å². The maximum absolute atomic E-state index is 12.6. The molecule has 4 aliphatic carbocycles. The fraction of sp³-hybridized carbons (Fsp3) is 0.667. The van der Waals surface area contributed by atoms with Crippen molar-refractivity contribution >= 4 is 5.91 Å². The van der Waals surface area contributed by atoms with Crippen LogP contribution in [0.1, 0.15) is 53.6 Å². The quantitative estimate of drug-likeness (QED) is 0.911. The van der Waals surface area contributed by atoms with Crippen LogP contribution in [0.5, 0.6) is 0 Å². The van der Waals surface area contributed by atoms with Gasteiger partial charge in [-0.2, -0.15) is 0 Å². The zero-order chi connectivity index (χ0) is 16.9. The summed E-state index contributed by atoms with van der Waals surface area (Å²) in [6.45, 7) is 4.79. The lowest BCUT2D eigenvalue weighted by Gasteiger charge is -2.60. The van der Waals surface area contributed by atoms with Crippen LogP contribution in [-0.2, 0) is 4.74 Å². The summed E-state index contributed by atoms with van der Waals surface area (Å²) in [4.78, 5) is 12.6. The van der Waals surface area contributed by atoms with Gasteiger partial charge in [0.25, 0.3) is 5.91 Å². The van der Waals surface area contributed by atoms with E-state index >= 15 is 0 Å². The van der Waals surface area contributed by atoms with E-state index in [0.29, 0.717) is 18.4 Å². The summed E-state index contributed by atoms with van der Waals surface area (Å²) in [5.41, 5.74) is 3.01. The molecule has 4 aliphatic rings. The van der Waals surface area contributed by atoms with E-state index in [4.69, 9.17) is 4.74 Å². The summed E-state index contributed by atoms with van der Waals surface area (Å²) in [5, 5.41) is 3.20. The summed E-state index contributed by atoms with van der Waals surface area (Å²) in [7, 11) is 1.85. The average Bonchev–Trinajstić information content (AvgIpc) is 2.56. The van der Waals surface area contributed by atoms with Gasteiger partial charge in [0.15, 0.2) is 0 Å². The first-order chi connectivity index (χ1) is 11.5. The topological polar surface area (TPSA) is 38.3 Å². The molecular formula is C21H29NO2. The van der Waals surface area contributed by atoms with Crippen LogP contribution < -0.4 is 5.32 Å². The third-order valence-electron chi connectivity index (χ3n) is 7.19. The monoisotopic (exact) mass is 327 g/mol. The molecule has 1 amide bonds. The Morgan fingerprint density at radius 3 is 2.25 bits per heavy atom. The molecule has 3 nitrogen and oxygen atoms in total. The van der Waals surface area contributed by atoms with E-state index in [2.05, 4.69) is 19.2 Å². The Hall–Kier alpha value is -1.35. The van der Waals surface area contributed by atoms with Crippen molar-refractivity contribution in [2.45, 2.75) is 51.6 Å². The number of rotatable bonds is 4. The van der Waals surface area contributed by atoms with Gasteiger partial charge < -0.3 is 10.1 Å². The molecule has 0 aromatic heterocycles. The van der Waals surface area contributed by atoms with E-state index in [1.54, 1.807) is 0 Å². The lowest BCUT2D eigenvalue weighted by molar-refractivity contribution is -0.186. The first-order valence-electron chi connectivity index (χ1n) is 9.42. The van der Waals surface area contributed by atoms with Crippen molar-refractivity contribution < 1.29 is 9.53 Å². The van der Waals surface area contributed by atoms with Gasteiger partial charge in [0, 0.05) is 19.2 Å². The average molecular weight is 327 g/mol. The number of amides is 1. The van der Waals surface area contributed by atoms with E-state index in [9.17, 15) is 4.79 Å². The molecule has 1 N–H and O–H groups in total. The first kappa shape index (κ1) is 16.1. The molecule has 4 saturated carbocycles. The third-order valence-corrected chi connectivity index (χ3v) is 7.19. The van der Waals surface area contributed by atoms with Gasteiger partial charge in [-0.25, -0.2) is 0 Å². The van der Waals surface area contributed by atoms with Gasteiger partial charge in [0.05, 0.1) is 5.60 Å². The predicted octanol–water partition coefficient (Wildman–Crippen LogP) is 3.87. The molecule has 0 unspecified atom stereocenters. The van der Waals surface area contributed by atoms with Gasteiger partial charge in [-0.3, -0.25) is 4.79 Å². The van der Waals surface area contributed by atoms with Gasteiger partial charge in [-0.1, -0.05) is 6.07 Å². The summed E-state index contributed by atoms with van der Waals surface area (Å²) in [6.07, 6.45) is 6.60.